The second-order valence-corrected chi connectivity index (χ2v) is 5.51. The van der Waals surface area contributed by atoms with E-state index >= 15 is 0 Å². The first-order valence-electron chi connectivity index (χ1n) is 6.36. The summed E-state index contributed by atoms with van der Waals surface area (Å²) in [5, 5.41) is 9.89. The molecule has 0 aliphatic rings. The summed E-state index contributed by atoms with van der Waals surface area (Å²) in [6, 6.07) is 6.51. The molecular formula is C13H12F4N4OS. The summed E-state index contributed by atoms with van der Waals surface area (Å²) in [6.45, 7) is 1.35. The number of hydrogen-bond donors (Lipinski definition) is 1. The van der Waals surface area contributed by atoms with Crippen LogP contribution in [-0.2, 0) is 4.79 Å². The van der Waals surface area contributed by atoms with E-state index in [4.69, 9.17) is 0 Å². The largest absolute Gasteiger partial charge is 0.326 e. The van der Waals surface area contributed by atoms with Crippen molar-refractivity contribution in [2.75, 3.05) is 11.1 Å². The molecule has 1 amide bonds. The van der Waals surface area contributed by atoms with E-state index in [0.717, 1.165) is 0 Å². The van der Waals surface area contributed by atoms with Crippen LogP contribution in [0.4, 0.5) is 23.2 Å². The molecule has 0 spiro atoms. The average molecular weight is 348 g/mol. The lowest BCUT2D eigenvalue weighted by Gasteiger charge is -2.14. The van der Waals surface area contributed by atoms with Gasteiger partial charge in [-0.3, -0.25) is 9.36 Å². The smallest absolute Gasteiger partial charge is 0.316 e. The Bertz CT molecular complexity index is 692. The fourth-order valence-electron chi connectivity index (χ4n) is 1.66. The van der Waals surface area contributed by atoms with Crippen molar-refractivity contribution in [2.24, 2.45) is 0 Å². The highest BCUT2D eigenvalue weighted by atomic mass is 32.2. The topological polar surface area (TPSA) is 59.8 Å². The summed E-state index contributed by atoms with van der Waals surface area (Å²) in [7, 11) is 0. The number of aromatic nitrogens is 3. The van der Waals surface area contributed by atoms with Gasteiger partial charge >= 0.3 is 12.3 Å². The zero-order valence-corrected chi connectivity index (χ0v) is 12.7. The predicted molar refractivity (Wildman–Crippen MR) is 77.3 cm³/mol. The summed E-state index contributed by atoms with van der Waals surface area (Å²) in [6.07, 6.45) is -2.47. The monoisotopic (exact) mass is 348 g/mol. The molecule has 0 unspecified atom stereocenters. The summed E-state index contributed by atoms with van der Waals surface area (Å²) in [5.74, 6) is -5.49. The Kier molecular flexibility index (Phi) is 5.24. The quantitative estimate of drug-likeness (QED) is 0.643. The molecule has 1 N–H and O–H groups in total. The maximum Gasteiger partial charge on any atom is 0.316 e. The van der Waals surface area contributed by atoms with Crippen LogP contribution >= 0.6 is 11.8 Å². The molecule has 0 aliphatic carbocycles. The highest BCUT2D eigenvalue weighted by Gasteiger charge is 2.41. The third-order valence-electron chi connectivity index (χ3n) is 2.67. The Morgan fingerprint density at radius 3 is 2.83 bits per heavy atom. The van der Waals surface area contributed by atoms with Crippen LogP contribution in [-0.4, -0.2) is 38.8 Å². The molecule has 23 heavy (non-hydrogen) atoms. The molecule has 1 heterocycles. The number of anilines is 1. The van der Waals surface area contributed by atoms with Gasteiger partial charge < -0.3 is 5.32 Å². The van der Waals surface area contributed by atoms with Gasteiger partial charge in [-0.2, -0.15) is 8.78 Å². The van der Waals surface area contributed by atoms with Crippen LogP contribution < -0.4 is 5.32 Å². The molecule has 0 aliphatic heterocycles. The molecular weight excluding hydrogens is 336 g/mol. The minimum absolute atomic E-state index is 0.0466. The lowest BCUT2D eigenvalue weighted by atomic mass is 10.2. The molecule has 0 radical (unpaired) electrons. The van der Waals surface area contributed by atoms with Crippen molar-refractivity contribution in [2.45, 2.75) is 24.4 Å². The van der Waals surface area contributed by atoms with E-state index in [1.807, 2.05) is 0 Å². The average Bonchev–Trinajstić information content (AvgIpc) is 2.93. The summed E-state index contributed by atoms with van der Waals surface area (Å²) in [4.78, 5) is 11.1. The lowest BCUT2D eigenvalue weighted by Crippen LogP contribution is -2.29. The second-order valence-electron chi connectivity index (χ2n) is 4.57. The number of carbonyl (C=O) groups is 1. The van der Waals surface area contributed by atoms with E-state index < -0.39 is 18.1 Å². The molecule has 1 aromatic heterocycles. The first-order valence-corrected chi connectivity index (χ1v) is 7.35. The fourth-order valence-corrected chi connectivity index (χ4v) is 2.50. The minimum atomic E-state index is -4.11. The van der Waals surface area contributed by atoms with Crippen LogP contribution in [0.2, 0.25) is 0 Å². The third-order valence-corrected chi connectivity index (χ3v) is 3.74. The van der Waals surface area contributed by atoms with Gasteiger partial charge in [0.2, 0.25) is 5.91 Å². The first-order chi connectivity index (χ1) is 10.8. The van der Waals surface area contributed by atoms with E-state index in [-0.39, 0.29) is 11.1 Å². The van der Waals surface area contributed by atoms with Crippen molar-refractivity contribution in [1.29, 1.82) is 0 Å². The van der Waals surface area contributed by atoms with E-state index in [0.29, 0.717) is 23.1 Å². The van der Waals surface area contributed by atoms with Gasteiger partial charge in [0.15, 0.2) is 5.16 Å². The molecule has 1 aromatic carbocycles. The summed E-state index contributed by atoms with van der Waals surface area (Å²) < 4.78 is 51.8. The molecule has 0 bridgehead atoms. The molecule has 124 valence electrons. The van der Waals surface area contributed by atoms with Gasteiger partial charge in [0.05, 0.1) is 11.4 Å². The fraction of sp³-hybridized carbons (Fsp3) is 0.308. The van der Waals surface area contributed by atoms with Crippen molar-refractivity contribution in [3.8, 4) is 5.69 Å². The zero-order valence-electron chi connectivity index (χ0n) is 11.8. The SMILES string of the molecule is CC(=O)Nc1cccc(-n2cnnc2SCC(F)(F)C(F)F)c1. The number of rotatable bonds is 6. The van der Waals surface area contributed by atoms with Gasteiger partial charge in [-0.15, -0.1) is 10.2 Å². The number of hydrogen-bond acceptors (Lipinski definition) is 4. The molecule has 0 saturated heterocycles. The van der Waals surface area contributed by atoms with Gasteiger partial charge in [-0.05, 0) is 18.2 Å². The number of nitrogens with zero attached hydrogens (tertiary/aromatic N) is 3. The van der Waals surface area contributed by atoms with Crippen molar-refractivity contribution in [3.63, 3.8) is 0 Å². The van der Waals surface area contributed by atoms with E-state index in [1.54, 1.807) is 24.3 Å². The summed E-state index contributed by atoms with van der Waals surface area (Å²) in [5.41, 5.74) is 1.00. The standard InChI is InChI=1S/C13H12F4N4OS/c1-8(22)19-9-3-2-4-10(5-9)21-7-18-20-12(21)23-6-13(16,17)11(14)15/h2-5,7,11H,6H2,1H3,(H,19,22). The Labute approximate surface area is 133 Å². The number of amides is 1. The Morgan fingerprint density at radius 2 is 2.17 bits per heavy atom. The summed E-state index contributed by atoms with van der Waals surface area (Å²) >= 11 is 0.476. The highest BCUT2D eigenvalue weighted by molar-refractivity contribution is 7.99. The Hall–Kier alpha value is -2.10. The van der Waals surface area contributed by atoms with Crippen molar-refractivity contribution < 1.29 is 22.4 Å². The van der Waals surface area contributed by atoms with Crippen LogP contribution in [0.25, 0.3) is 5.69 Å². The molecule has 5 nitrogen and oxygen atoms in total. The van der Waals surface area contributed by atoms with Gasteiger partial charge in [0.1, 0.15) is 6.33 Å². The van der Waals surface area contributed by atoms with Crippen LogP contribution in [0.5, 0.6) is 0 Å². The number of carbonyl (C=O) groups excluding carboxylic acids is 1. The highest BCUT2D eigenvalue weighted by Crippen LogP contribution is 2.31. The van der Waals surface area contributed by atoms with Gasteiger partial charge in [-0.1, -0.05) is 17.8 Å². The van der Waals surface area contributed by atoms with Gasteiger partial charge in [-0.25, -0.2) is 8.78 Å². The number of nitrogens with one attached hydrogen (secondary N) is 1. The molecule has 10 heteroatoms. The van der Waals surface area contributed by atoms with Crippen LogP contribution in [0.1, 0.15) is 6.92 Å². The maximum atomic E-state index is 13.0. The molecule has 2 rings (SSSR count). The van der Waals surface area contributed by atoms with Gasteiger partial charge in [0, 0.05) is 12.6 Å². The Morgan fingerprint density at radius 1 is 1.43 bits per heavy atom. The van der Waals surface area contributed by atoms with Crippen molar-refractivity contribution in [1.82, 2.24) is 14.8 Å². The predicted octanol–water partition coefficient (Wildman–Crippen LogP) is 3.22. The molecule has 0 fully saturated rings. The normalized spacial score (nSPS) is 11.7. The minimum Gasteiger partial charge on any atom is -0.326 e. The number of alkyl halides is 4. The van der Waals surface area contributed by atoms with Crippen LogP contribution in [0.3, 0.4) is 0 Å². The van der Waals surface area contributed by atoms with E-state index in [9.17, 15) is 22.4 Å². The van der Waals surface area contributed by atoms with Crippen molar-refractivity contribution >= 4 is 23.4 Å². The lowest BCUT2D eigenvalue weighted by molar-refractivity contribution is -0.114. The van der Waals surface area contributed by atoms with E-state index in [1.165, 1.54) is 17.8 Å². The maximum absolute atomic E-state index is 13.0. The Balaban J connectivity index is 2.19. The second kappa shape index (κ2) is 6.99. The van der Waals surface area contributed by atoms with Crippen LogP contribution in [0.15, 0.2) is 35.7 Å². The number of thioether (sulfide) groups is 1. The molecule has 2 aromatic rings. The zero-order chi connectivity index (χ0) is 17.0. The molecule has 0 saturated carbocycles. The van der Waals surface area contributed by atoms with E-state index in [2.05, 4.69) is 15.5 Å². The van der Waals surface area contributed by atoms with Gasteiger partial charge in [0.25, 0.3) is 0 Å². The number of halogens is 4. The van der Waals surface area contributed by atoms with Crippen LogP contribution in [0, 0.1) is 0 Å². The molecule has 0 atom stereocenters. The first kappa shape index (κ1) is 17.3. The third kappa shape index (κ3) is 4.44. The van der Waals surface area contributed by atoms with Crippen molar-refractivity contribution in [3.05, 3.63) is 30.6 Å². The number of benzene rings is 1.